The summed E-state index contributed by atoms with van der Waals surface area (Å²) in [6, 6.07) is 4.37. The molecular formula is C8H7ClO4. The topological polar surface area (TPSA) is 66.8 Å². The van der Waals surface area contributed by atoms with E-state index < -0.39 is 6.16 Å². The molecule has 0 unspecified atom stereocenters. The van der Waals surface area contributed by atoms with Crippen LogP contribution in [-0.4, -0.2) is 16.4 Å². The van der Waals surface area contributed by atoms with Crippen LogP contribution in [0.25, 0.3) is 0 Å². The normalized spacial score (nSPS) is 9.62. The third kappa shape index (κ3) is 2.83. The molecule has 1 aromatic carbocycles. The molecule has 0 bridgehead atoms. The molecule has 0 radical (unpaired) electrons. The van der Waals surface area contributed by atoms with Crippen LogP contribution in [0.3, 0.4) is 0 Å². The molecule has 0 aliphatic rings. The molecule has 2 N–H and O–H groups in total. The van der Waals surface area contributed by atoms with E-state index in [1.807, 2.05) is 0 Å². The number of carbonyl (C=O) groups is 1. The summed E-state index contributed by atoms with van der Waals surface area (Å²) in [5.74, 6) is -0.0752. The third-order valence-corrected chi connectivity index (χ3v) is 1.63. The van der Waals surface area contributed by atoms with Gasteiger partial charge >= 0.3 is 6.16 Å². The maximum Gasteiger partial charge on any atom is 0.506 e. The van der Waals surface area contributed by atoms with Crippen molar-refractivity contribution >= 4 is 17.8 Å². The van der Waals surface area contributed by atoms with E-state index in [1.54, 1.807) is 6.07 Å². The van der Waals surface area contributed by atoms with Gasteiger partial charge in [0.2, 0.25) is 0 Å². The minimum absolute atomic E-state index is 0.0752. The molecule has 1 rings (SSSR count). The van der Waals surface area contributed by atoms with Crippen LogP contribution in [0.4, 0.5) is 4.79 Å². The lowest BCUT2D eigenvalue weighted by Gasteiger charge is -2.03. The van der Waals surface area contributed by atoms with Crippen LogP contribution in [0.5, 0.6) is 5.75 Å². The summed E-state index contributed by atoms with van der Waals surface area (Å²) in [4.78, 5) is 10.0. The predicted molar refractivity (Wildman–Crippen MR) is 45.9 cm³/mol. The highest BCUT2D eigenvalue weighted by Crippen LogP contribution is 2.22. The molecule has 0 amide bonds. The number of hydrogen-bond donors (Lipinski definition) is 2. The molecule has 70 valence electrons. The van der Waals surface area contributed by atoms with Crippen molar-refractivity contribution in [1.29, 1.82) is 0 Å². The van der Waals surface area contributed by atoms with Gasteiger partial charge in [-0.2, -0.15) is 0 Å². The van der Waals surface area contributed by atoms with E-state index in [-0.39, 0.29) is 12.4 Å². The molecule has 5 heteroatoms. The molecule has 0 fully saturated rings. The van der Waals surface area contributed by atoms with Gasteiger partial charge < -0.3 is 14.9 Å². The Morgan fingerprint density at radius 1 is 1.54 bits per heavy atom. The van der Waals surface area contributed by atoms with Crippen LogP contribution in [-0.2, 0) is 11.3 Å². The fraction of sp³-hybridized carbons (Fsp3) is 0.125. The maximum absolute atomic E-state index is 10.0. The van der Waals surface area contributed by atoms with E-state index in [0.29, 0.717) is 10.6 Å². The van der Waals surface area contributed by atoms with Gasteiger partial charge in [-0.15, -0.1) is 0 Å². The highest BCUT2D eigenvalue weighted by atomic mass is 35.5. The van der Waals surface area contributed by atoms with Crippen LogP contribution in [0.2, 0.25) is 5.02 Å². The summed E-state index contributed by atoms with van der Waals surface area (Å²) < 4.78 is 4.26. The second-order valence-corrected chi connectivity index (χ2v) is 2.76. The van der Waals surface area contributed by atoms with Gasteiger partial charge in [-0.25, -0.2) is 4.79 Å². The first-order valence-electron chi connectivity index (χ1n) is 3.42. The lowest BCUT2D eigenvalue weighted by atomic mass is 10.2. The summed E-state index contributed by atoms with van der Waals surface area (Å²) in [5, 5.41) is 17.8. The minimum Gasteiger partial charge on any atom is -0.507 e. The number of benzene rings is 1. The summed E-state index contributed by atoms with van der Waals surface area (Å²) in [7, 11) is 0. The SMILES string of the molecule is O=C(O)OCc1ccc(Cl)cc1O. The van der Waals surface area contributed by atoms with E-state index in [4.69, 9.17) is 16.7 Å². The van der Waals surface area contributed by atoms with E-state index in [9.17, 15) is 9.90 Å². The molecule has 0 aromatic heterocycles. The zero-order chi connectivity index (χ0) is 9.84. The number of rotatable bonds is 2. The van der Waals surface area contributed by atoms with Crippen molar-refractivity contribution in [1.82, 2.24) is 0 Å². The van der Waals surface area contributed by atoms with E-state index in [1.165, 1.54) is 12.1 Å². The minimum atomic E-state index is -1.38. The van der Waals surface area contributed by atoms with Crippen LogP contribution in [0.15, 0.2) is 18.2 Å². The van der Waals surface area contributed by atoms with E-state index in [0.717, 1.165) is 0 Å². The standard InChI is InChI=1S/C8H7ClO4/c9-6-2-1-5(7(10)3-6)4-13-8(11)12/h1-3,10H,4H2,(H,11,12). The Labute approximate surface area is 79.3 Å². The number of hydrogen-bond acceptors (Lipinski definition) is 3. The zero-order valence-electron chi connectivity index (χ0n) is 6.53. The van der Waals surface area contributed by atoms with Crippen molar-refractivity contribution in [2.45, 2.75) is 6.61 Å². The number of aromatic hydroxyl groups is 1. The Bertz CT molecular complexity index is 324. The van der Waals surface area contributed by atoms with Gasteiger partial charge in [0.15, 0.2) is 0 Å². The summed E-state index contributed by atoms with van der Waals surface area (Å²) in [6.45, 7) is -0.182. The van der Waals surface area contributed by atoms with Crippen LogP contribution in [0.1, 0.15) is 5.56 Å². The Morgan fingerprint density at radius 3 is 2.77 bits per heavy atom. The lowest BCUT2D eigenvalue weighted by molar-refractivity contribution is 0.0848. The first kappa shape index (κ1) is 9.67. The van der Waals surface area contributed by atoms with Gasteiger partial charge in [-0.3, -0.25) is 0 Å². The maximum atomic E-state index is 10.0. The second kappa shape index (κ2) is 4.00. The van der Waals surface area contributed by atoms with Crippen LogP contribution in [0, 0.1) is 0 Å². The molecule has 0 heterocycles. The first-order chi connectivity index (χ1) is 6.09. The van der Waals surface area contributed by atoms with Crippen LogP contribution < -0.4 is 0 Å². The average molecular weight is 203 g/mol. The summed E-state index contributed by atoms with van der Waals surface area (Å²) >= 11 is 5.56. The van der Waals surface area contributed by atoms with E-state index in [2.05, 4.69) is 4.74 Å². The lowest BCUT2D eigenvalue weighted by Crippen LogP contribution is -2.00. The number of ether oxygens (including phenoxy) is 1. The molecule has 13 heavy (non-hydrogen) atoms. The smallest absolute Gasteiger partial charge is 0.506 e. The summed E-state index contributed by atoms with van der Waals surface area (Å²) in [6.07, 6.45) is -1.38. The molecule has 1 aromatic rings. The third-order valence-electron chi connectivity index (χ3n) is 1.40. The monoisotopic (exact) mass is 202 g/mol. The Balaban J connectivity index is 2.72. The Kier molecular flexibility index (Phi) is 2.97. The zero-order valence-corrected chi connectivity index (χ0v) is 7.28. The Hall–Kier alpha value is -1.42. The molecule has 0 aliphatic heterocycles. The van der Waals surface area contributed by atoms with Crippen molar-refractivity contribution in [3.8, 4) is 5.75 Å². The van der Waals surface area contributed by atoms with E-state index >= 15 is 0 Å². The van der Waals surface area contributed by atoms with Gasteiger partial charge in [0.05, 0.1) is 0 Å². The summed E-state index contributed by atoms with van der Waals surface area (Å²) in [5.41, 5.74) is 0.381. The fourth-order valence-corrected chi connectivity index (χ4v) is 0.965. The van der Waals surface area contributed by atoms with Crippen molar-refractivity contribution in [2.24, 2.45) is 0 Å². The number of halogens is 1. The molecule has 0 spiro atoms. The highest BCUT2D eigenvalue weighted by Gasteiger charge is 2.04. The molecule has 0 saturated heterocycles. The average Bonchev–Trinajstić information content (AvgIpc) is 2.02. The largest absolute Gasteiger partial charge is 0.507 e. The van der Waals surface area contributed by atoms with Crippen LogP contribution >= 0.6 is 11.6 Å². The second-order valence-electron chi connectivity index (χ2n) is 2.33. The molecule has 0 atom stereocenters. The van der Waals surface area contributed by atoms with Crippen molar-refractivity contribution in [3.05, 3.63) is 28.8 Å². The van der Waals surface area contributed by atoms with Gasteiger partial charge in [0.1, 0.15) is 12.4 Å². The molecule has 0 aliphatic carbocycles. The highest BCUT2D eigenvalue weighted by molar-refractivity contribution is 6.30. The van der Waals surface area contributed by atoms with Gasteiger partial charge in [-0.05, 0) is 12.1 Å². The number of phenolic OH excluding ortho intramolecular Hbond substituents is 1. The Morgan fingerprint density at radius 2 is 2.23 bits per heavy atom. The van der Waals surface area contributed by atoms with Gasteiger partial charge in [0, 0.05) is 10.6 Å². The van der Waals surface area contributed by atoms with Crippen molar-refractivity contribution in [2.75, 3.05) is 0 Å². The van der Waals surface area contributed by atoms with Gasteiger partial charge in [0.25, 0.3) is 0 Å². The van der Waals surface area contributed by atoms with Crippen molar-refractivity contribution in [3.63, 3.8) is 0 Å². The van der Waals surface area contributed by atoms with Gasteiger partial charge in [-0.1, -0.05) is 17.7 Å². The quantitative estimate of drug-likeness (QED) is 0.722. The molecule has 0 saturated carbocycles. The molecular weight excluding hydrogens is 196 g/mol. The number of phenols is 1. The van der Waals surface area contributed by atoms with Crippen molar-refractivity contribution < 1.29 is 19.7 Å². The molecule has 4 nitrogen and oxygen atoms in total. The fourth-order valence-electron chi connectivity index (χ4n) is 0.799. The number of carboxylic acid groups (broad SMARTS) is 1. The predicted octanol–water partition coefficient (Wildman–Crippen LogP) is 2.24. The first-order valence-corrected chi connectivity index (χ1v) is 3.80.